The Bertz CT molecular complexity index is 733. The first-order chi connectivity index (χ1) is 14.4. The Kier molecular flexibility index (Phi) is 5.87. The van der Waals surface area contributed by atoms with E-state index in [9.17, 15) is 13.5 Å². The SMILES string of the molecule is CC1NNC2CCCC(NS(=O)(=O)C3CNN(C4CC(C5(O)COC5)CCN4)C3)C12. The zero-order valence-corrected chi connectivity index (χ0v) is 18.5. The van der Waals surface area contributed by atoms with Crippen molar-refractivity contribution in [3.63, 3.8) is 0 Å². The number of hydrogen-bond donors (Lipinski definition) is 6. The average Bonchev–Trinajstić information content (AvgIpc) is 3.35. The summed E-state index contributed by atoms with van der Waals surface area (Å²) in [6.45, 7) is 4.61. The third-order valence-corrected chi connectivity index (χ3v) is 9.76. The maximum absolute atomic E-state index is 13.2. The maximum atomic E-state index is 13.2. The minimum Gasteiger partial charge on any atom is -0.385 e. The van der Waals surface area contributed by atoms with Crippen LogP contribution in [-0.2, 0) is 14.8 Å². The van der Waals surface area contributed by atoms with Crippen LogP contribution in [-0.4, -0.2) is 86.5 Å². The molecule has 0 aromatic rings. The molecule has 7 atom stereocenters. The van der Waals surface area contributed by atoms with Gasteiger partial charge in [-0.05, 0) is 45.1 Å². The van der Waals surface area contributed by atoms with E-state index in [-0.39, 0.29) is 30.1 Å². The van der Waals surface area contributed by atoms with Gasteiger partial charge < -0.3 is 15.2 Å². The number of nitrogens with zero attached hydrogens (tertiary/aromatic N) is 1. The van der Waals surface area contributed by atoms with E-state index in [0.717, 1.165) is 38.6 Å². The van der Waals surface area contributed by atoms with Gasteiger partial charge in [0.2, 0.25) is 10.0 Å². The molecule has 172 valence electrons. The molecular formula is C19H36N6O4S. The zero-order valence-electron chi connectivity index (χ0n) is 17.6. The molecule has 1 saturated carbocycles. The van der Waals surface area contributed by atoms with Gasteiger partial charge in [0.1, 0.15) is 10.9 Å². The van der Waals surface area contributed by atoms with E-state index in [0.29, 0.717) is 32.3 Å². The highest BCUT2D eigenvalue weighted by atomic mass is 32.2. The summed E-state index contributed by atoms with van der Waals surface area (Å²) in [7, 11) is -3.44. The molecule has 0 aromatic carbocycles. The highest BCUT2D eigenvalue weighted by Crippen LogP contribution is 2.35. The Morgan fingerprint density at radius 3 is 2.80 bits per heavy atom. The molecule has 4 aliphatic heterocycles. The molecule has 0 spiro atoms. The van der Waals surface area contributed by atoms with E-state index >= 15 is 0 Å². The van der Waals surface area contributed by atoms with Gasteiger partial charge in [0.15, 0.2) is 0 Å². The number of ether oxygens (including phenoxy) is 1. The average molecular weight is 445 g/mol. The van der Waals surface area contributed by atoms with Crippen LogP contribution in [0.25, 0.3) is 0 Å². The number of fused-ring (bicyclic) bond motifs is 1. The van der Waals surface area contributed by atoms with Crippen LogP contribution in [0, 0.1) is 11.8 Å². The molecule has 4 heterocycles. The Labute approximate surface area is 178 Å². The van der Waals surface area contributed by atoms with Crippen molar-refractivity contribution in [1.29, 1.82) is 0 Å². The number of rotatable bonds is 5. The standard InChI is InChI=1S/C19H36N6O4S/c1-12-18-15(23-22-12)3-2-4-16(18)24-30(27,28)14-8-21-25(9-14)17-7-13(5-6-20-17)19(26)10-29-11-19/h12-18,20-24,26H,2-11H2,1H3. The van der Waals surface area contributed by atoms with Gasteiger partial charge in [-0.2, -0.15) is 0 Å². The van der Waals surface area contributed by atoms with E-state index < -0.39 is 20.9 Å². The van der Waals surface area contributed by atoms with E-state index in [1.807, 2.05) is 5.01 Å². The van der Waals surface area contributed by atoms with Gasteiger partial charge in [-0.15, -0.1) is 0 Å². The zero-order chi connectivity index (χ0) is 20.9. The predicted molar refractivity (Wildman–Crippen MR) is 111 cm³/mol. The summed E-state index contributed by atoms with van der Waals surface area (Å²) in [6, 6.07) is 0.570. The molecule has 10 nitrogen and oxygen atoms in total. The van der Waals surface area contributed by atoms with Crippen LogP contribution in [0.3, 0.4) is 0 Å². The van der Waals surface area contributed by atoms with Crippen molar-refractivity contribution >= 4 is 10.0 Å². The van der Waals surface area contributed by atoms with Crippen molar-refractivity contribution in [2.75, 3.05) is 32.8 Å². The summed E-state index contributed by atoms with van der Waals surface area (Å²) < 4.78 is 34.7. The monoisotopic (exact) mass is 444 g/mol. The first-order valence-corrected chi connectivity index (χ1v) is 13.0. The Balaban J connectivity index is 1.19. The number of hydrogen-bond acceptors (Lipinski definition) is 9. The van der Waals surface area contributed by atoms with Crippen molar-refractivity contribution in [1.82, 2.24) is 31.3 Å². The smallest absolute Gasteiger partial charge is 0.217 e. The maximum Gasteiger partial charge on any atom is 0.217 e. The molecule has 30 heavy (non-hydrogen) atoms. The van der Waals surface area contributed by atoms with Crippen LogP contribution in [0.1, 0.15) is 39.0 Å². The van der Waals surface area contributed by atoms with E-state index in [1.54, 1.807) is 0 Å². The molecule has 0 aromatic heterocycles. The molecule has 0 amide bonds. The van der Waals surface area contributed by atoms with Gasteiger partial charge in [0.25, 0.3) is 0 Å². The Hall–Kier alpha value is -0.370. The van der Waals surface area contributed by atoms with Crippen LogP contribution >= 0.6 is 0 Å². The molecule has 0 radical (unpaired) electrons. The van der Waals surface area contributed by atoms with Gasteiger partial charge in [-0.3, -0.25) is 16.3 Å². The van der Waals surface area contributed by atoms with Gasteiger partial charge in [0.05, 0.1) is 19.4 Å². The number of hydrazine groups is 2. The lowest BCUT2D eigenvalue weighted by Gasteiger charge is -2.47. The summed E-state index contributed by atoms with van der Waals surface area (Å²) in [5.41, 5.74) is 9.19. The minimum absolute atomic E-state index is 0.0228. The largest absolute Gasteiger partial charge is 0.385 e. The van der Waals surface area contributed by atoms with Crippen LogP contribution < -0.4 is 26.3 Å². The third-order valence-electron chi connectivity index (χ3n) is 7.93. The fourth-order valence-corrected chi connectivity index (χ4v) is 7.59. The predicted octanol–water partition coefficient (Wildman–Crippen LogP) is -1.78. The summed E-state index contributed by atoms with van der Waals surface area (Å²) in [5.74, 6) is 0.460. The Morgan fingerprint density at radius 2 is 2.03 bits per heavy atom. The summed E-state index contributed by atoms with van der Waals surface area (Å²) in [6.07, 6.45) is 4.74. The summed E-state index contributed by atoms with van der Waals surface area (Å²) in [5, 5.41) is 15.7. The molecule has 0 bridgehead atoms. The Morgan fingerprint density at radius 1 is 1.20 bits per heavy atom. The number of sulfonamides is 1. The lowest BCUT2D eigenvalue weighted by molar-refractivity contribution is -0.215. The normalized spacial score (nSPS) is 44.5. The topological polar surface area (TPSA) is 127 Å². The van der Waals surface area contributed by atoms with Crippen molar-refractivity contribution in [3.05, 3.63) is 0 Å². The highest BCUT2D eigenvalue weighted by molar-refractivity contribution is 7.90. The molecule has 5 rings (SSSR count). The lowest BCUT2D eigenvalue weighted by Crippen LogP contribution is -2.61. The second-order valence-corrected chi connectivity index (χ2v) is 11.9. The van der Waals surface area contributed by atoms with Crippen LogP contribution in [0.4, 0.5) is 0 Å². The molecule has 5 fully saturated rings. The number of piperidine rings is 1. The van der Waals surface area contributed by atoms with Crippen molar-refractivity contribution in [2.24, 2.45) is 11.8 Å². The van der Waals surface area contributed by atoms with Gasteiger partial charge in [0, 0.05) is 37.1 Å². The van der Waals surface area contributed by atoms with Crippen molar-refractivity contribution in [3.8, 4) is 0 Å². The van der Waals surface area contributed by atoms with Gasteiger partial charge >= 0.3 is 0 Å². The second-order valence-electron chi connectivity index (χ2n) is 9.89. The van der Waals surface area contributed by atoms with Crippen LogP contribution in [0.5, 0.6) is 0 Å². The molecule has 6 N–H and O–H groups in total. The molecule has 5 aliphatic rings. The van der Waals surface area contributed by atoms with Crippen molar-refractivity contribution in [2.45, 2.75) is 74.2 Å². The fraction of sp³-hybridized carbons (Fsp3) is 1.00. The quantitative estimate of drug-likeness (QED) is 0.292. The molecular weight excluding hydrogens is 408 g/mol. The minimum atomic E-state index is -3.44. The van der Waals surface area contributed by atoms with E-state index in [2.05, 4.69) is 33.2 Å². The number of aliphatic hydroxyl groups is 1. The van der Waals surface area contributed by atoms with Gasteiger partial charge in [-0.1, -0.05) is 6.42 Å². The molecule has 4 saturated heterocycles. The summed E-state index contributed by atoms with van der Waals surface area (Å²) in [4.78, 5) is 0. The third kappa shape index (κ3) is 3.93. The molecule has 7 unspecified atom stereocenters. The van der Waals surface area contributed by atoms with E-state index in [4.69, 9.17) is 4.74 Å². The molecule has 1 aliphatic carbocycles. The van der Waals surface area contributed by atoms with Gasteiger partial charge in [-0.25, -0.2) is 18.1 Å². The first-order valence-electron chi connectivity index (χ1n) is 11.4. The van der Waals surface area contributed by atoms with Crippen molar-refractivity contribution < 1.29 is 18.3 Å². The second kappa shape index (κ2) is 8.20. The van der Waals surface area contributed by atoms with Crippen LogP contribution in [0.15, 0.2) is 0 Å². The number of nitrogens with one attached hydrogen (secondary N) is 5. The fourth-order valence-electron chi connectivity index (χ4n) is 6.05. The molecule has 11 heteroatoms. The summed E-state index contributed by atoms with van der Waals surface area (Å²) >= 11 is 0. The lowest BCUT2D eigenvalue weighted by atomic mass is 9.78. The first kappa shape index (κ1) is 21.5. The highest BCUT2D eigenvalue weighted by Gasteiger charge is 2.48. The van der Waals surface area contributed by atoms with Crippen LogP contribution in [0.2, 0.25) is 0 Å². The van der Waals surface area contributed by atoms with E-state index in [1.165, 1.54) is 0 Å².